The molecule has 1 unspecified atom stereocenters. The Balaban J connectivity index is 0. The summed E-state index contributed by atoms with van der Waals surface area (Å²) in [6, 6.07) is 0. The molecule has 3 heteroatoms. The molecule has 0 saturated carbocycles. The van der Waals surface area contributed by atoms with Crippen LogP contribution >= 0.6 is 15.9 Å². The van der Waals surface area contributed by atoms with E-state index in [4.69, 9.17) is 0 Å². The van der Waals surface area contributed by atoms with Gasteiger partial charge in [-0.15, -0.1) is 0 Å². The van der Waals surface area contributed by atoms with Crippen LogP contribution < -0.4 is 17.0 Å². The molecule has 0 bridgehead atoms. The number of unbranched alkanes of at least 4 members (excludes halogenated alkanes) is 6. The Morgan fingerprint density at radius 3 is 1.67 bits per heavy atom. The summed E-state index contributed by atoms with van der Waals surface area (Å²) < 4.78 is 1.28. The zero-order valence-corrected chi connectivity index (χ0v) is 15.9. The van der Waals surface area contributed by atoms with Crippen LogP contribution in [0, 0.1) is 0 Å². The highest BCUT2D eigenvalue weighted by Gasteiger charge is 2.19. The van der Waals surface area contributed by atoms with Crippen molar-refractivity contribution in [1.29, 1.82) is 0 Å². The van der Waals surface area contributed by atoms with Gasteiger partial charge in [0.25, 0.3) is 0 Å². The highest BCUT2D eigenvalue weighted by Crippen LogP contribution is 2.12. The Morgan fingerprint density at radius 1 is 0.722 bits per heavy atom. The van der Waals surface area contributed by atoms with Crippen molar-refractivity contribution >= 4 is 15.9 Å². The lowest BCUT2D eigenvalue weighted by atomic mass is 10.1. The normalized spacial score (nSPS) is 14.0. The van der Waals surface area contributed by atoms with Gasteiger partial charge in [0, 0.05) is 0 Å². The summed E-state index contributed by atoms with van der Waals surface area (Å²) >= 11 is 3.61. The second-order valence-electron chi connectivity index (χ2n) is 5.60. The fourth-order valence-electron chi connectivity index (χ4n) is 2.38. The summed E-state index contributed by atoms with van der Waals surface area (Å²) in [7, 11) is 2.44. The monoisotopic (exact) mass is 385 g/mol. The lowest BCUT2D eigenvalue weighted by molar-refractivity contribution is -0.907. The van der Waals surface area contributed by atoms with Crippen LogP contribution in [-0.2, 0) is 0 Å². The lowest BCUT2D eigenvalue weighted by Crippen LogP contribution is -3.00. The number of nitrogens with zero attached hydrogens (tertiary/aromatic N) is 1. The number of rotatable bonds is 12. The quantitative estimate of drug-likeness (QED) is 0.273. The van der Waals surface area contributed by atoms with Gasteiger partial charge < -0.3 is 21.5 Å². The molecule has 0 aromatic carbocycles. The Labute approximate surface area is 134 Å². The first kappa shape index (κ1) is 21.2. The molecule has 0 aliphatic heterocycles. The summed E-state index contributed by atoms with van der Waals surface area (Å²) in [5, 5.41) is 1.14. The molecule has 0 aromatic heterocycles. The standard InChI is InChI=1S/C15H33BrN.BrH/c1-4-6-8-9-11-14-17(3,15-12-16)13-10-7-5-2;/h4-15H2,1-3H3;1H/q+1;/p-1. The summed E-state index contributed by atoms with van der Waals surface area (Å²) in [5.41, 5.74) is 0. The van der Waals surface area contributed by atoms with Gasteiger partial charge >= 0.3 is 0 Å². The van der Waals surface area contributed by atoms with Gasteiger partial charge in [-0.05, 0) is 25.7 Å². The molecule has 0 fully saturated rings. The van der Waals surface area contributed by atoms with Crippen molar-refractivity contribution in [2.24, 2.45) is 0 Å². The van der Waals surface area contributed by atoms with Crippen LogP contribution in [0.4, 0.5) is 0 Å². The molecule has 0 amide bonds. The van der Waals surface area contributed by atoms with Crippen molar-refractivity contribution in [3.63, 3.8) is 0 Å². The summed E-state index contributed by atoms with van der Waals surface area (Å²) in [5.74, 6) is 0. The van der Waals surface area contributed by atoms with Crippen molar-refractivity contribution in [2.75, 3.05) is 32.0 Å². The fourth-order valence-corrected chi connectivity index (χ4v) is 3.24. The number of alkyl halides is 1. The van der Waals surface area contributed by atoms with E-state index in [0.29, 0.717) is 0 Å². The molecule has 18 heavy (non-hydrogen) atoms. The molecule has 0 N–H and O–H groups in total. The molecule has 0 aliphatic carbocycles. The summed E-state index contributed by atoms with van der Waals surface area (Å²) in [6.45, 7) is 8.61. The number of hydrogen-bond donors (Lipinski definition) is 0. The number of quaternary nitrogens is 1. The minimum Gasteiger partial charge on any atom is -1.00 e. The van der Waals surface area contributed by atoms with Crippen LogP contribution in [0.25, 0.3) is 0 Å². The largest absolute Gasteiger partial charge is 1.00 e. The molecule has 0 heterocycles. The third-order valence-electron chi connectivity index (χ3n) is 3.73. The van der Waals surface area contributed by atoms with Gasteiger partial charge in [-0.3, -0.25) is 0 Å². The van der Waals surface area contributed by atoms with Crippen LogP contribution in [0.5, 0.6) is 0 Å². The van der Waals surface area contributed by atoms with Crippen LogP contribution in [0.3, 0.4) is 0 Å². The highest BCUT2D eigenvalue weighted by atomic mass is 79.9. The molecular formula is C15H33Br2N. The van der Waals surface area contributed by atoms with E-state index in [1.54, 1.807) is 0 Å². The van der Waals surface area contributed by atoms with Gasteiger partial charge in [0.05, 0.1) is 32.0 Å². The lowest BCUT2D eigenvalue weighted by Gasteiger charge is -2.34. The topological polar surface area (TPSA) is 0 Å². The molecule has 0 spiro atoms. The predicted octanol–water partition coefficient (Wildman–Crippen LogP) is 1.99. The smallest absolute Gasteiger partial charge is 0.0883 e. The zero-order chi connectivity index (χ0) is 13.0. The average molecular weight is 387 g/mol. The molecule has 112 valence electrons. The van der Waals surface area contributed by atoms with E-state index in [-0.39, 0.29) is 17.0 Å². The van der Waals surface area contributed by atoms with Crippen molar-refractivity contribution in [3.8, 4) is 0 Å². The maximum Gasteiger partial charge on any atom is 0.0883 e. The zero-order valence-electron chi connectivity index (χ0n) is 12.7. The third-order valence-corrected chi connectivity index (χ3v) is 4.08. The number of hydrogen-bond acceptors (Lipinski definition) is 0. The second kappa shape index (κ2) is 14.3. The Bertz CT molecular complexity index is 165. The van der Waals surface area contributed by atoms with Gasteiger partial charge in [-0.1, -0.05) is 55.5 Å². The molecule has 0 aliphatic rings. The first-order valence-corrected chi connectivity index (χ1v) is 8.70. The van der Waals surface area contributed by atoms with E-state index in [9.17, 15) is 0 Å². The van der Waals surface area contributed by atoms with Crippen molar-refractivity contribution < 1.29 is 21.5 Å². The number of halogens is 2. The molecule has 0 aromatic rings. The minimum atomic E-state index is 0. The van der Waals surface area contributed by atoms with Crippen molar-refractivity contribution in [2.45, 2.75) is 65.2 Å². The maximum atomic E-state index is 3.61. The van der Waals surface area contributed by atoms with Gasteiger partial charge in [-0.2, -0.15) is 0 Å². The maximum absolute atomic E-state index is 3.61. The molecule has 1 atom stereocenters. The van der Waals surface area contributed by atoms with Gasteiger partial charge in [-0.25, -0.2) is 0 Å². The van der Waals surface area contributed by atoms with E-state index >= 15 is 0 Å². The van der Waals surface area contributed by atoms with Crippen molar-refractivity contribution in [1.82, 2.24) is 0 Å². The van der Waals surface area contributed by atoms with Crippen LogP contribution in [0.1, 0.15) is 65.2 Å². The minimum absolute atomic E-state index is 0. The molecule has 0 rings (SSSR count). The Hall–Kier alpha value is 0.920. The first-order chi connectivity index (χ1) is 8.18. The van der Waals surface area contributed by atoms with E-state index in [0.717, 1.165) is 5.33 Å². The van der Waals surface area contributed by atoms with Crippen molar-refractivity contribution in [3.05, 3.63) is 0 Å². The average Bonchev–Trinajstić information content (AvgIpc) is 2.29. The molecular weight excluding hydrogens is 354 g/mol. The van der Waals surface area contributed by atoms with E-state index in [2.05, 4.69) is 36.8 Å². The van der Waals surface area contributed by atoms with E-state index < -0.39 is 0 Å². The van der Waals surface area contributed by atoms with Gasteiger partial charge in [0.1, 0.15) is 0 Å². The Kier molecular flexibility index (Phi) is 16.9. The third kappa shape index (κ3) is 12.0. The van der Waals surface area contributed by atoms with Crippen LogP contribution in [0.15, 0.2) is 0 Å². The highest BCUT2D eigenvalue weighted by molar-refractivity contribution is 9.09. The summed E-state index contributed by atoms with van der Waals surface area (Å²) in [6.07, 6.45) is 11.2. The summed E-state index contributed by atoms with van der Waals surface area (Å²) in [4.78, 5) is 0. The van der Waals surface area contributed by atoms with E-state index in [1.807, 2.05) is 0 Å². The fraction of sp³-hybridized carbons (Fsp3) is 1.00. The first-order valence-electron chi connectivity index (χ1n) is 7.58. The molecule has 0 radical (unpaired) electrons. The van der Waals surface area contributed by atoms with Gasteiger partial charge in [0.15, 0.2) is 0 Å². The molecule has 0 saturated heterocycles. The molecule has 1 nitrogen and oxygen atoms in total. The van der Waals surface area contributed by atoms with Gasteiger partial charge in [0.2, 0.25) is 0 Å². The predicted molar refractivity (Wildman–Crippen MR) is 82.9 cm³/mol. The Morgan fingerprint density at radius 2 is 1.17 bits per heavy atom. The van der Waals surface area contributed by atoms with Crippen LogP contribution in [0.2, 0.25) is 0 Å². The van der Waals surface area contributed by atoms with Crippen LogP contribution in [-0.4, -0.2) is 36.5 Å². The SMILES string of the molecule is CCCCCCC[N+](C)(CCBr)CCCCC.[Br-]. The van der Waals surface area contributed by atoms with E-state index in [1.165, 1.54) is 75.5 Å². The second-order valence-corrected chi connectivity index (χ2v) is 6.39.